The fraction of sp³-hybridized carbons (Fsp3) is 0.227. The molecule has 8 heteroatoms. The summed E-state index contributed by atoms with van der Waals surface area (Å²) in [4.78, 5) is 12.4. The van der Waals surface area contributed by atoms with Crippen molar-refractivity contribution in [2.45, 2.75) is 30.2 Å². The molecule has 3 rings (SSSR count). The van der Waals surface area contributed by atoms with Crippen LogP contribution in [0.4, 0.5) is 5.69 Å². The molecule has 0 aliphatic heterocycles. The molecule has 1 aromatic heterocycles. The summed E-state index contributed by atoms with van der Waals surface area (Å²) < 4.78 is 37.1. The van der Waals surface area contributed by atoms with Gasteiger partial charge < -0.3 is 19.8 Å². The van der Waals surface area contributed by atoms with Crippen LogP contribution in [0.15, 0.2) is 75.1 Å². The topological polar surface area (TPSA) is 97.6 Å². The van der Waals surface area contributed by atoms with Crippen LogP contribution in [-0.4, -0.2) is 27.5 Å². The number of ether oxygens (including phenoxy) is 1. The molecule has 158 valence electrons. The van der Waals surface area contributed by atoms with Gasteiger partial charge in [-0.1, -0.05) is 17.7 Å². The van der Waals surface area contributed by atoms with Crippen LogP contribution in [0.2, 0.25) is 0 Å². The van der Waals surface area contributed by atoms with Gasteiger partial charge >= 0.3 is 0 Å². The Morgan fingerprint density at radius 2 is 1.87 bits per heavy atom. The number of rotatable bonds is 9. The largest absolute Gasteiger partial charge is 0.494 e. The summed E-state index contributed by atoms with van der Waals surface area (Å²) in [6, 6.07) is 14.9. The maximum absolute atomic E-state index is 13.2. The van der Waals surface area contributed by atoms with Gasteiger partial charge in [0, 0.05) is 6.07 Å². The molecule has 0 bridgehead atoms. The van der Waals surface area contributed by atoms with Crippen LogP contribution in [0.5, 0.6) is 5.75 Å². The van der Waals surface area contributed by atoms with E-state index in [4.69, 9.17) is 9.15 Å². The minimum atomic E-state index is -3.81. The number of anilines is 1. The molecule has 0 aliphatic rings. The molecule has 0 radical (unpaired) electrons. The number of aryl methyl sites for hydroxylation is 1. The first-order chi connectivity index (χ1) is 14.4. The predicted molar refractivity (Wildman–Crippen MR) is 113 cm³/mol. The second kappa shape index (κ2) is 9.49. The third kappa shape index (κ3) is 5.21. The quantitative estimate of drug-likeness (QED) is 0.541. The Labute approximate surface area is 176 Å². The summed E-state index contributed by atoms with van der Waals surface area (Å²) in [5.41, 5.74) is 1.29. The fourth-order valence-corrected chi connectivity index (χ4v) is 4.26. The van der Waals surface area contributed by atoms with E-state index in [1.807, 2.05) is 13.8 Å². The second-order valence-corrected chi connectivity index (χ2v) is 8.54. The number of nitrogens with one attached hydrogen (secondary N) is 2. The highest BCUT2D eigenvalue weighted by Crippen LogP contribution is 2.31. The van der Waals surface area contributed by atoms with Crippen molar-refractivity contribution in [1.29, 1.82) is 0 Å². The van der Waals surface area contributed by atoms with Crippen LogP contribution in [0.3, 0.4) is 0 Å². The number of carbonyl (C=O) groups excluding carboxylic acids is 1. The predicted octanol–water partition coefficient (Wildman–Crippen LogP) is 3.55. The van der Waals surface area contributed by atoms with E-state index in [-0.39, 0.29) is 28.8 Å². The molecule has 1 amide bonds. The van der Waals surface area contributed by atoms with Crippen molar-refractivity contribution >= 4 is 21.4 Å². The van der Waals surface area contributed by atoms with E-state index in [0.717, 1.165) is 5.56 Å². The molecule has 0 saturated carbocycles. The van der Waals surface area contributed by atoms with Gasteiger partial charge in [-0.05, 0) is 50.2 Å². The first-order valence-corrected chi connectivity index (χ1v) is 11.0. The zero-order chi connectivity index (χ0) is 21.6. The van der Waals surface area contributed by atoms with Gasteiger partial charge in [-0.25, -0.2) is 8.42 Å². The van der Waals surface area contributed by atoms with Crippen LogP contribution in [0, 0.1) is 6.92 Å². The first-order valence-electron chi connectivity index (χ1n) is 9.51. The molecule has 2 N–H and O–H groups in total. The van der Waals surface area contributed by atoms with Gasteiger partial charge in [0.1, 0.15) is 11.5 Å². The van der Waals surface area contributed by atoms with E-state index in [1.54, 1.807) is 48.5 Å². The lowest BCUT2D eigenvalue weighted by molar-refractivity contribution is -0.119. The van der Waals surface area contributed by atoms with Crippen molar-refractivity contribution in [2.24, 2.45) is 0 Å². The number of amides is 1. The average molecular weight is 429 g/mol. The Kier molecular flexibility index (Phi) is 6.79. The maximum atomic E-state index is 13.2. The van der Waals surface area contributed by atoms with Crippen LogP contribution in [-0.2, 0) is 21.2 Å². The Morgan fingerprint density at radius 1 is 1.10 bits per heavy atom. The normalized spacial score (nSPS) is 11.1. The van der Waals surface area contributed by atoms with E-state index in [9.17, 15) is 13.2 Å². The lowest BCUT2D eigenvalue weighted by atomic mass is 10.2. The summed E-state index contributed by atoms with van der Waals surface area (Å²) >= 11 is 0. The maximum Gasteiger partial charge on any atom is 0.239 e. The molecule has 30 heavy (non-hydrogen) atoms. The van der Waals surface area contributed by atoms with Gasteiger partial charge in [0.25, 0.3) is 0 Å². The number of hydrogen-bond donors (Lipinski definition) is 2. The van der Waals surface area contributed by atoms with Gasteiger partial charge in [-0.3, -0.25) is 4.79 Å². The third-order valence-electron chi connectivity index (χ3n) is 4.36. The standard InChI is InChI=1S/C22H24N2O5S/c1-3-28-17-8-11-20(23-15-22(25)24-14-18-5-4-12-29-18)21(13-17)30(26,27)19-9-6-16(2)7-10-19/h4-13,23H,3,14-15H2,1-2H3,(H,24,25). The van der Waals surface area contributed by atoms with E-state index in [1.165, 1.54) is 12.3 Å². The monoisotopic (exact) mass is 428 g/mol. The highest BCUT2D eigenvalue weighted by Gasteiger charge is 2.22. The molecule has 0 spiro atoms. The Bertz CT molecular complexity index is 1090. The minimum absolute atomic E-state index is 0.0520. The highest BCUT2D eigenvalue weighted by molar-refractivity contribution is 7.91. The van der Waals surface area contributed by atoms with Crippen molar-refractivity contribution < 1.29 is 22.4 Å². The second-order valence-electron chi connectivity index (χ2n) is 6.62. The first kappa shape index (κ1) is 21.4. The number of benzene rings is 2. The molecule has 2 aromatic carbocycles. The summed E-state index contributed by atoms with van der Waals surface area (Å²) in [5.74, 6) is 0.780. The van der Waals surface area contributed by atoms with Crippen molar-refractivity contribution in [1.82, 2.24) is 5.32 Å². The Balaban J connectivity index is 1.81. The minimum Gasteiger partial charge on any atom is -0.494 e. The van der Waals surface area contributed by atoms with Crippen molar-refractivity contribution in [3.05, 3.63) is 72.2 Å². The van der Waals surface area contributed by atoms with E-state index in [0.29, 0.717) is 23.8 Å². The van der Waals surface area contributed by atoms with Crippen molar-refractivity contribution in [3.8, 4) is 5.75 Å². The molecular weight excluding hydrogens is 404 g/mol. The molecule has 0 unspecified atom stereocenters. The van der Waals surface area contributed by atoms with E-state index in [2.05, 4.69) is 10.6 Å². The lowest BCUT2D eigenvalue weighted by Gasteiger charge is -2.15. The molecular formula is C22H24N2O5S. The van der Waals surface area contributed by atoms with Gasteiger partial charge in [0.05, 0.1) is 41.4 Å². The van der Waals surface area contributed by atoms with E-state index >= 15 is 0 Å². The zero-order valence-corrected chi connectivity index (χ0v) is 17.7. The molecule has 3 aromatic rings. The summed E-state index contributed by atoms with van der Waals surface area (Å²) in [6.45, 7) is 4.28. The summed E-state index contributed by atoms with van der Waals surface area (Å²) in [6.07, 6.45) is 1.53. The van der Waals surface area contributed by atoms with Gasteiger partial charge in [0.2, 0.25) is 15.7 Å². The number of carbonyl (C=O) groups is 1. The lowest BCUT2D eigenvalue weighted by Crippen LogP contribution is -2.29. The van der Waals surface area contributed by atoms with Crippen LogP contribution in [0.25, 0.3) is 0 Å². The molecule has 1 heterocycles. The molecule has 0 aliphatic carbocycles. The van der Waals surface area contributed by atoms with E-state index < -0.39 is 9.84 Å². The van der Waals surface area contributed by atoms with Crippen LogP contribution < -0.4 is 15.4 Å². The Hall–Kier alpha value is -3.26. The number of sulfone groups is 1. The smallest absolute Gasteiger partial charge is 0.239 e. The van der Waals surface area contributed by atoms with Gasteiger partial charge in [0.15, 0.2) is 0 Å². The number of hydrogen-bond acceptors (Lipinski definition) is 6. The van der Waals surface area contributed by atoms with Gasteiger partial charge in [-0.2, -0.15) is 0 Å². The summed E-state index contributed by atoms with van der Waals surface area (Å²) in [5, 5.41) is 5.64. The number of furan rings is 1. The third-order valence-corrected chi connectivity index (χ3v) is 6.17. The van der Waals surface area contributed by atoms with Crippen molar-refractivity contribution in [3.63, 3.8) is 0 Å². The van der Waals surface area contributed by atoms with Crippen LogP contribution in [0.1, 0.15) is 18.2 Å². The van der Waals surface area contributed by atoms with Crippen LogP contribution >= 0.6 is 0 Å². The molecule has 7 nitrogen and oxygen atoms in total. The summed E-state index contributed by atoms with van der Waals surface area (Å²) in [7, 11) is -3.81. The molecule has 0 saturated heterocycles. The highest BCUT2D eigenvalue weighted by atomic mass is 32.2. The Morgan fingerprint density at radius 3 is 2.53 bits per heavy atom. The van der Waals surface area contributed by atoms with Gasteiger partial charge in [-0.15, -0.1) is 0 Å². The zero-order valence-electron chi connectivity index (χ0n) is 16.8. The average Bonchev–Trinajstić information content (AvgIpc) is 3.25. The molecule has 0 fully saturated rings. The van der Waals surface area contributed by atoms with Crippen molar-refractivity contribution in [2.75, 3.05) is 18.5 Å². The fourth-order valence-electron chi connectivity index (χ4n) is 2.81. The SMILES string of the molecule is CCOc1ccc(NCC(=O)NCc2ccco2)c(S(=O)(=O)c2ccc(C)cc2)c1. The molecule has 0 atom stereocenters.